The smallest absolute Gasteiger partial charge is 0.358 e. The van der Waals surface area contributed by atoms with E-state index in [1.807, 2.05) is 36.4 Å². The molecule has 2 N–H and O–H groups in total. The van der Waals surface area contributed by atoms with Crippen LogP contribution in [-0.2, 0) is 13.1 Å². The second-order valence-electron chi connectivity index (χ2n) is 5.43. The third kappa shape index (κ3) is 1.99. The van der Waals surface area contributed by atoms with Crippen molar-refractivity contribution in [3.05, 3.63) is 60.2 Å². The van der Waals surface area contributed by atoms with Crippen molar-refractivity contribution in [2.45, 2.75) is 19.2 Å². The number of anilines is 1. The fourth-order valence-corrected chi connectivity index (χ4v) is 3.13. The van der Waals surface area contributed by atoms with E-state index in [0.717, 1.165) is 30.1 Å². The number of aliphatic hydroxyl groups excluding tert-OH is 1. The van der Waals surface area contributed by atoms with Gasteiger partial charge in [-0.1, -0.05) is 42.5 Å². The van der Waals surface area contributed by atoms with Crippen LogP contribution in [0.3, 0.4) is 0 Å². The van der Waals surface area contributed by atoms with Gasteiger partial charge in [0.15, 0.2) is 0 Å². The molecule has 3 aromatic rings. The number of fused-ring (bicyclic) bond motifs is 3. The predicted molar refractivity (Wildman–Crippen MR) is 82.0 cm³/mol. The van der Waals surface area contributed by atoms with Crippen molar-refractivity contribution in [1.82, 2.24) is 4.57 Å². The Morgan fingerprint density at radius 3 is 2.71 bits per heavy atom. The van der Waals surface area contributed by atoms with Gasteiger partial charge in [-0.3, -0.25) is 5.32 Å². The summed E-state index contributed by atoms with van der Waals surface area (Å²) in [5.41, 5.74) is 3.33. The molecule has 0 aliphatic carbocycles. The Bertz CT molecular complexity index is 779. The summed E-state index contributed by atoms with van der Waals surface area (Å²) in [6.45, 7) is 2.48. The molecular weight excluding hydrogens is 262 g/mol. The van der Waals surface area contributed by atoms with Crippen LogP contribution in [0.2, 0.25) is 0 Å². The standard InChI is InChI=1S/C17H17N3O/c21-16(13-6-2-1-3-7-13)12-20-15-9-5-4-8-14(15)19-11-10-18-17(19)20/h1-9,16,21H,10-12H2/p+1/t16-/m0/s1. The number of nitrogens with zero attached hydrogens (tertiary/aromatic N) is 2. The van der Waals surface area contributed by atoms with Crippen LogP contribution in [0.5, 0.6) is 0 Å². The number of aromatic nitrogens is 2. The van der Waals surface area contributed by atoms with Crippen LogP contribution >= 0.6 is 0 Å². The van der Waals surface area contributed by atoms with Gasteiger partial charge in [-0.25, -0.2) is 9.13 Å². The first-order valence-corrected chi connectivity index (χ1v) is 7.32. The van der Waals surface area contributed by atoms with E-state index in [2.05, 4.69) is 32.7 Å². The lowest BCUT2D eigenvalue weighted by atomic mass is 10.1. The van der Waals surface area contributed by atoms with E-state index in [1.165, 1.54) is 5.52 Å². The molecule has 0 radical (unpaired) electrons. The predicted octanol–water partition coefficient (Wildman–Crippen LogP) is 2.09. The minimum atomic E-state index is -0.505. The topological polar surface area (TPSA) is 41.1 Å². The molecule has 0 spiro atoms. The van der Waals surface area contributed by atoms with E-state index in [0.29, 0.717) is 6.54 Å². The summed E-state index contributed by atoms with van der Waals surface area (Å²) in [6, 6.07) is 18.2. The molecule has 0 saturated heterocycles. The molecule has 21 heavy (non-hydrogen) atoms. The molecule has 0 bridgehead atoms. The first-order valence-electron chi connectivity index (χ1n) is 7.32. The van der Waals surface area contributed by atoms with Crippen molar-refractivity contribution >= 4 is 17.0 Å². The third-order valence-electron chi connectivity index (χ3n) is 4.13. The molecule has 1 aromatic heterocycles. The number of hydrogen-bond acceptors (Lipinski definition) is 2. The summed E-state index contributed by atoms with van der Waals surface area (Å²) in [5.74, 6) is 1.09. The maximum Gasteiger partial charge on any atom is 0.358 e. The first-order chi connectivity index (χ1) is 10.3. The number of hydrogen-bond donors (Lipinski definition) is 2. The molecule has 0 amide bonds. The van der Waals surface area contributed by atoms with Gasteiger partial charge in [0.05, 0.1) is 6.54 Å². The van der Waals surface area contributed by atoms with Gasteiger partial charge in [0, 0.05) is 0 Å². The van der Waals surface area contributed by atoms with E-state index in [9.17, 15) is 5.11 Å². The van der Waals surface area contributed by atoms with Crippen molar-refractivity contribution in [1.29, 1.82) is 0 Å². The number of aliphatic hydroxyl groups is 1. The lowest BCUT2D eigenvalue weighted by Crippen LogP contribution is -2.29. The van der Waals surface area contributed by atoms with Gasteiger partial charge in [-0.05, 0) is 17.7 Å². The van der Waals surface area contributed by atoms with Crippen LogP contribution in [0.25, 0.3) is 11.0 Å². The van der Waals surface area contributed by atoms with Crippen LogP contribution in [0.1, 0.15) is 11.7 Å². The molecule has 2 aromatic carbocycles. The van der Waals surface area contributed by atoms with Crippen LogP contribution in [-0.4, -0.2) is 16.2 Å². The monoisotopic (exact) mass is 280 g/mol. The molecule has 4 heteroatoms. The molecule has 1 atom stereocenters. The van der Waals surface area contributed by atoms with Gasteiger partial charge in [0.2, 0.25) is 0 Å². The van der Waals surface area contributed by atoms with Gasteiger partial charge in [0.25, 0.3) is 0 Å². The molecule has 106 valence electrons. The van der Waals surface area contributed by atoms with Crippen molar-refractivity contribution in [2.24, 2.45) is 0 Å². The largest absolute Gasteiger partial charge is 0.385 e. The number of para-hydroxylation sites is 2. The van der Waals surface area contributed by atoms with Crippen LogP contribution in [0.15, 0.2) is 54.6 Å². The first kappa shape index (κ1) is 12.4. The number of benzene rings is 2. The average molecular weight is 280 g/mol. The van der Waals surface area contributed by atoms with Gasteiger partial charge < -0.3 is 5.11 Å². The third-order valence-corrected chi connectivity index (χ3v) is 4.13. The van der Waals surface area contributed by atoms with E-state index in [4.69, 9.17) is 0 Å². The summed E-state index contributed by atoms with van der Waals surface area (Å²) in [7, 11) is 0. The molecule has 1 aliphatic heterocycles. The van der Waals surface area contributed by atoms with Crippen molar-refractivity contribution < 1.29 is 9.67 Å². The minimum absolute atomic E-state index is 0.505. The van der Waals surface area contributed by atoms with Gasteiger partial charge in [0.1, 0.15) is 30.2 Å². The Balaban J connectivity index is 1.77. The Hall–Kier alpha value is -2.33. The van der Waals surface area contributed by atoms with Crippen molar-refractivity contribution in [2.75, 3.05) is 11.9 Å². The van der Waals surface area contributed by atoms with Gasteiger partial charge >= 0.3 is 5.95 Å². The van der Waals surface area contributed by atoms with Gasteiger partial charge in [-0.15, -0.1) is 0 Å². The molecule has 0 unspecified atom stereocenters. The highest BCUT2D eigenvalue weighted by molar-refractivity contribution is 5.74. The second kappa shape index (κ2) is 4.90. The van der Waals surface area contributed by atoms with E-state index in [1.54, 1.807) is 0 Å². The summed E-state index contributed by atoms with van der Waals surface area (Å²) in [4.78, 5) is 0. The second-order valence-corrected chi connectivity index (χ2v) is 5.43. The van der Waals surface area contributed by atoms with E-state index >= 15 is 0 Å². The highest BCUT2D eigenvalue weighted by Gasteiger charge is 2.29. The maximum atomic E-state index is 10.5. The highest BCUT2D eigenvalue weighted by atomic mass is 16.3. The molecule has 0 fully saturated rings. The molecule has 4 nitrogen and oxygen atoms in total. The Kier molecular flexibility index (Phi) is 2.89. The lowest BCUT2D eigenvalue weighted by Gasteiger charge is -2.10. The van der Waals surface area contributed by atoms with Crippen LogP contribution < -0.4 is 9.88 Å². The summed E-state index contributed by atoms with van der Waals surface area (Å²) in [6.07, 6.45) is -0.505. The Morgan fingerprint density at radius 2 is 1.86 bits per heavy atom. The SMILES string of the molecule is O[C@@H](Cn1c2[n+](c3ccccc31)CCN2)c1ccccc1. The van der Waals surface area contributed by atoms with Crippen LogP contribution in [0, 0.1) is 0 Å². The maximum absolute atomic E-state index is 10.5. The quantitative estimate of drug-likeness (QED) is 0.721. The summed E-state index contributed by atoms with van der Waals surface area (Å²) < 4.78 is 4.47. The van der Waals surface area contributed by atoms with E-state index < -0.39 is 6.10 Å². The zero-order valence-corrected chi connectivity index (χ0v) is 11.7. The van der Waals surface area contributed by atoms with Crippen LogP contribution in [0.4, 0.5) is 5.95 Å². The zero-order chi connectivity index (χ0) is 14.2. The molecule has 1 aliphatic rings. The number of nitrogens with one attached hydrogen (secondary N) is 1. The molecule has 2 heterocycles. The Labute approximate surface area is 123 Å². The zero-order valence-electron chi connectivity index (χ0n) is 11.7. The highest BCUT2D eigenvalue weighted by Crippen LogP contribution is 2.24. The summed E-state index contributed by atoms with van der Waals surface area (Å²) in [5, 5.41) is 14.0. The number of rotatable bonds is 3. The normalized spacial score (nSPS) is 14.9. The average Bonchev–Trinajstić information content (AvgIpc) is 3.11. The fraction of sp³-hybridized carbons (Fsp3) is 0.235. The lowest BCUT2D eigenvalue weighted by molar-refractivity contribution is -0.644. The summed E-state index contributed by atoms with van der Waals surface area (Å²) >= 11 is 0. The molecular formula is C17H18N3O+. The van der Waals surface area contributed by atoms with Crippen molar-refractivity contribution in [3.63, 3.8) is 0 Å². The Morgan fingerprint density at radius 1 is 1.10 bits per heavy atom. The van der Waals surface area contributed by atoms with E-state index in [-0.39, 0.29) is 0 Å². The molecule has 4 rings (SSSR count). The fourth-order valence-electron chi connectivity index (χ4n) is 3.13. The molecule has 0 saturated carbocycles. The van der Waals surface area contributed by atoms with Crippen molar-refractivity contribution in [3.8, 4) is 0 Å². The number of imidazole rings is 1. The minimum Gasteiger partial charge on any atom is -0.385 e. The van der Waals surface area contributed by atoms with Gasteiger partial charge in [-0.2, -0.15) is 0 Å².